The number of allylic oxidation sites excluding steroid dienone is 9. The summed E-state index contributed by atoms with van der Waals surface area (Å²) in [5.41, 5.74) is 0. The van der Waals surface area contributed by atoms with E-state index in [1.165, 1.54) is 205 Å². The van der Waals surface area contributed by atoms with Gasteiger partial charge in [-0.1, -0.05) is 254 Å². The van der Waals surface area contributed by atoms with Crippen LogP contribution in [0.5, 0.6) is 0 Å². The van der Waals surface area contributed by atoms with Crippen LogP contribution in [0.15, 0.2) is 60.8 Å². The maximum atomic E-state index is 12.4. The van der Waals surface area contributed by atoms with Crippen molar-refractivity contribution in [3.8, 4) is 0 Å². The highest BCUT2D eigenvalue weighted by atomic mass is 16.3. The van der Waals surface area contributed by atoms with Crippen LogP contribution in [0.1, 0.15) is 271 Å². The molecule has 4 heteroatoms. The van der Waals surface area contributed by atoms with Crippen LogP contribution in [0.25, 0.3) is 0 Å². The van der Waals surface area contributed by atoms with Gasteiger partial charge in [-0.2, -0.15) is 0 Å². The van der Waals surface area contributed by atoms with Crippen molar-refractivity contribution in [2.75, 3.05) is 6.61 Å². The predicted molar refractivity (Wildman–Crippen MR) is 267 cm³/mol. The zero-order valence-electron chi connectivity index (χ0n) is 40.2. The minimum atomic E-state index is -0.864. The van der Waals surface area contributed by atoms with Crippen LogP contribution in [0.3, 0.4) is 0 Å². The fraction of sp³-hybridized carbons (Fsp3) is 0.804. The van der Waals surface area contributed by atoms with Crippen molar-refractivity contribution >= 4 is 5.91 Å². The Morgan fingerprint density at radius 3 is 1.08 bits per heavy atom. The fourth-order valence-corrected chi connectivity index (χ4v) is 7.91. The molecule has 2 unspecified atom stereocenters. The first-order valence-corrected chi connectivity index (χ1v) is 26.5. The third kappa shape index (κ3) is 47.1. The molecule has 350 valence electrons. The largest absolute Gasteiger partial charge is 0.394 e. The highest BCUT2D eigenvalue weighted by molar-refractivity contribution is 5.76. The number of hydrogen-bond donors (Lipinski definition) is 3. The van der Waals surface area contributed by atoms with Crippen molar-refractivity contribution in [3.05, 3.63) is 60.8 Å². The summed E-state index contributed by atoms with van der Waals surface area (Å²) in [5.74, 6) is -0.0738. The van der Waals surface area contributed by atoms with Gasteiger partial charge < -0.3 is 15.5 Å². The zero-order chi connectivity index (χ0) is 43.5. The van der Waals surface area contributed by atoms with Gasteiger partial charge in [-0.05, 0) is 70.6 Å². The molecule has 0 saturated carbocycles. The lowest BCUT2D eigenvalue weighted by atomic mass is 10.0. The van der Waals surface area contributed by atoms with Gasteiger partial charge in [0.05, 0.1) is 18.8 Å². The second kappa shape index (κ2) is 51.4. The van der Waals surface area contributed by atoms with Gasteiger partial charge in [0, 0.05) is 6.42 Å². The summed E-state index contributed by atoms with van der Waals surface area (Å²) in [6.45, 7) is 4.30. The van der Waals surface area contributed by atoms with Crippen molar-refractivity contribution in [1.82, 2.24) is 5.32 Å². The Morgan fingerprint density at radius 2 is 0.700 bits per heavy atom. The van der Waals surface area contributed by atoms with Gasteiger partial charge in [0.2, 0.25) is 5.91 Å². The number of rotatable bonds is 48. The predicted octanol–water partition coefficient (Wildman–Crippen LogP) is 17.2. The van der Waals surface area contributed by atoms with Crippen molar-refractivity contribution in [3.63, 3.8) is 0 Å². The normalized spacial score (nSPS) is 13.3. The molecule has 0 aromatic rings. The molecule has 2 atom stereocenters. The van der Waals surface area contributed by atoms with Gasteiger partial charge in [-0.25, -0.2) is 0 Å². The highest BCUT2D eigenvalue weighted by Crippen LogP contribution is 2.16. The molecule has 0 aliphatic heterocycles. The average molecular weight is 838 g/mol. The third-order valence-corrected chi connectivity index (χ3v) is 12.0. The number of nitrogens with one attached hydrogen (secondary N) is 1. The minimum Gasteiger partial charge on any atom is -0.394 e. The van der Waals surface area contributed by atoms with Gasteiger partial charge in [0.1, 0.15) is 0 Å². The van der Waals surface area contributed by atoms with Crippen LogP contribution in [-0.2, 0) is 4.79 Å². The lowest BCUT2D eigenvalue weighted by Crippen LogP contribution is -2.45. The number of aliphatic hydroxyl groups is 2. The van der Waals surface area contributed by atoms with Crippen LogP contribution in [-0.4, -0.2) is 34.9 Å². The minimum absolute atomic E-state index is 0.0738. The Morgan fingerprint density at radius 1 is 0.400 bits per heavy atom. The molecule has 1 amide bonds. The molecule has 60 heavy (non-hydrogen) atoms. The first-order valence-electron chi connectivity index (χ1n) is 26.5. The average Bonchev–Trinajstić information content (AvgIpc) is 3.25. The summed E-state index contributed by atoms with van der Waals surface area (Å²) >= 11 is 0. The molecule has 0 radical (unpaired) electrons. The molecule has 0 fully saturated rings. The smallest absolute Gasteiger partial charge is 0.220 e. The fourth-order valence-electron chi connectivity index (χ4n) is 7.91. The van der Waals surface area contributed by atoms with Crippen LogP contribution in [0, 0.1) is 0 Å². The number of aliphatic hydroxyl groups excluding tert-OH is 2. The number of amides is 1. The summed E-state index contributed by atoms with van der Waals surface area (Å²) < 4.78 is 0. The van der Waals surface area contributed by atoms with E-state index in [0.29, 0.717) is 6.42 Å². The van der Waals surface area contributed by atoms with E-state index in [4.69, 9.17) is 0 Å². The molecule has 0 aromatic heterocycles. The van der Waals surface area contributed by atoms with E-state index in [2.05, 4.69) is 67.8 Å². The second-order valence-electron chi connectivity index (χ2n) is 17.9. The summed E-state index contributed by atoms with van der Waals surface area (Å²) in [6.07, 6.45) is 72.2. The number of unbranched alkanes of at least 4 members (excludes halogenated alkanes) is 33. The van der Waals surface area contributed by atoms with Crippen LogP contribution in [0.4, 0.5) is 0 Å². The Bertz CT molecular complexity index is 996. The molecule has 0 bridgehead atoms. The second-order valence-corrected chi connectivity index (χ2v) is 17.9. The van der Waals surface area contributed by atoms with E-state index in [-0.39, 0.29) is 12.5 Å². The van der Waals surface area contributed by atoms with Gasteiger partial charge in [-0.3, -0.25) is 4.79 Å². The molecule has 0 rings (SSSR count). The molecular weight excluding hydrogens is 735 g/mol. The van der Waals surface area contributed by atoms with Crippen molar-refractivity contribution in [1.29, 1.82) is 0 Å². The maximum absolute atomic E-state index is 12.4. The Kier molecular flexibility index (Phi) is 49.8. The molecule has 0 aliphatic carbocycles. The van der Waals surface area contributed by atoms with Crippen molar-refractivity contribution in [2.24, 2.45) is 0 Å². The molecule has 0 spiro atoms. The summed E-state index contributed by atoms with van der Waals surface area (Å²) in [6, 6.07) is -0.641. The van der Waals surface area contributed by atoms with Crippen molar-refractivity contribution in [2.45, 2.75) is 283 Å². The third-order valence-electron chi connectivity index (χ3n) is 12.0. The van der Waals surface area contributed by atoms with E-state index in [1.54, 1.807) is 6.08 Å². The number of carbonyl (C=O) groups is 1. The van der Waals surface area contributed by atoms with Gasteiger partial charge >= 0.3 is 0 Å². The molecule has 4 nitrogen and oxygen atoms in total. The lowest BCUT2D eigenvalue weighted by Gasteiger charge is -2.19. The molecule has 0 saturated heterocycles. The SMILES string of the molecule is CCCCCCC/C=C\C/C=C\C/C=C\CCCCCCCCCCCCCCCCC(=O)NC(CO)C(O)/C=C/CC/C=C/CCCCCCCCCCCCCCC. The molecule has 0 heterocycles. The monoisotopic (exact) mass is 838 g/mol. The summed E-state index contributed by atoms with van der Waals surface area (Å²) in [4.78, 5) is 12.4. The summed E-state index contributed by atoms with van der Waals surface area (Å²) in [7, 11) is 0. The van der Waals surface area contributed by atoms with E-state index in [9.17, 15) is 15.0 Å². The first-order chi connectivity index (χ1) is 29.7. The number of hydrogen-bond acceptors (Lipinski definition) is 3. The highest BCUT2D eigenvalue weighted by Gasteiger charge is 2.17. The van der Waals surface area contributed by atoms with Gasteiger partial charge in [0.15, 0.2) is 0 Å². The van der Waals surface area contributed by atoms with E-state index < -0.39 is 12.1 Å². The molecular formula is C56H103NO3. The first kappa shape index (κ1) is 58.1. The standard InChI is InChI=1S/C56H103NO3/c1-3-5-7-9-11-13-15-17-19-21-23-24-25-26-27-28-29-30-31-32-34-36-38-40-42-44-46-48-50-52-56(60)57-54(53-58)55(59)51-49-47-45-43-41-39-37-35-33-22-20-18-16-14-12-10-8-6-4-2/h15,17,21,23,25-26,41,43,49,51,54-55,58-59H,3-14,16,18-20,22,24,27-40,42,44-48,50,52-53H2,1-2H3,(H,57,60)/b17-15-,23-21-,26-25-,43-41+,51-49+. The van der Waals surface area contributed by atoms with Gasteiger partial charge in [-0.15, -0.1) is 0 Å². The quantitative estimate of drug-likeness (QED) is 0.0422. The van der Waals surface area contributed by atoms with E-state index >= 15 is 0 Å². The molecule has 0 aromatic carbocycles. The maximum Gasteiger partial charge on any atom is 0.220 e. The van der Waals surface area contributed by atoms with Crippen LogP contribution in [0.2, 0.25) is 0 Å². The van der Waals surface area contributed by atoms with Crippen LogP contribution >= 0.6 is 0 Å². The Labute approximate surface area is 375 Å². The van der Waals surface area contributed by atoms with Crippen LogP contribution < -0.4 is 5.32 Å². The topological polar surface area (TPSA) is 69.6 Å². The summed E-state index contributed by atoms with van der Waals surface area (Å²) in [5, 5.41) is 23.1. The molecule has 0 aliphatic rings. The Hall–Kier alpha value is -1.91. The zero-order valence-corrected chi connectivity index (χ0v) is 40.2. The van der Waals surface area contributed by atoms with E-state index in [1.807, 2.05) is 6.08 Å². The van der Waals surface area contributed by atoms with Crippen molar-refractivity contribution < 1.29 is 15.0 Å². The molecule has 3 N–H and O–H groups in total. The number of carbonyl (C=O) groups excluding carboxylic acids is 1. The lowest BCUT2D eigenvalue weighted by molar-refractivity contribution is -0.123. The van der Waals surface area contributed by atoms with E-state index in [0.717, 1.165) is 44.9 Å². The van der Waals surface area contributed by atoms with Gasteiger partial charge in [0.25, 0.3) is 0 Å². The Balaban J connectivity index is 3.55.